The molecule has 0 radical (unpaired) electrons. The number of nitrogens with one attached hydrogen (secondary N) is 1. The second kappa shape index (κ2) is 6.28. The Morgan fingerprint density at radius 2 is 1.90 bits per heavy atom. The molecule has 0 fully saturated rings. The molecule has 0 bridgehead atoms. The van der Waals surface area contributed by atoms with Gasteiger partial charge in [0.25, 0.3) is 5.91 Å². The first-order chi connectivity index (χ1) is 9.90. The molecule has 0 aromatic heterocycles. The third kappa shape index (κ3) is 3.43. The van der Waals surface area contributed by atoms with E-state index in [0.29, 0.717) is 11.3 Å². The molecule has 2 aromatic rings. The number of carboxylic acids is 1. The Kier molecular flexibility index (Phi) is 4.65. The number of carbonyl (C=O) groups is 2. The maximum absolute atomic E-state index is 12.2. The molecular weight excluding hydrogens is 358 g/mol. The van der Waals surface area contributed by atoms with Crippen LogP contribution in [-0.4, -0.2) is 17.0 Å². The molecule has 0 saturated heterocycles. The van der Waals surface area contributed by atoms with Gasteiger partial charge >= 0.3 is 5.97 Å². The average molecular weight is 369 g/mol. The molecule has 0 unspecified atom stereocenters. The molecule has 0 spiro atoms. The Morgan fingerprint density at radius 1 is 1.19 bits per heavy atom. The van der Waals surface area contributed by atoms with Crippen molar-refractivity contribution in [3.63, 3.8) is 0 Å². The van der Waals surface area contributed by atoms with Crippen LogP contribution in [0.15, 0.2) is 40.9 Å². The van der Waals surface area contributed by atoms with E-state index >= 15 is 0 Å². The first kappa shape index (κ1) is 15.5. The summed E-state index contributed by atoms with van der Waals surface area (Å²) in [5.74, 6) is -1.46. The number of hydrogen-bond acceptors (Lipinski definition) is 2. The van der Waals surface area contributed by atoms with Crippen LogP contribution < -0.4 is 5.32 Å². The zero-order valence-corrected chi connectivity index (χ0v) is 13.3. The van der Waals surface area contributed by atoms with Gasteiger partial charge in [-0.2, -0.15) is 0 Å². The maximum Gasteiger partial charge on any atom is 0.337 e. The number of hydrogen-bond donors (Lipinski definition) is 2. The van der Waals surface area contributed by atoms with Crippen LogP contribution in [0.1, 0.15) is 26.3 Å². The second-order valence-electron chi connectivity index (χ2n) is 4.37. The number of anilines is 1. The van der Waals surface area contributed by atoms with Crippen molar-refractivity contribution in [1.82, 2.24) is 0 Å². The van der Waals surface area contributed by atoms with Gasteiger partial charge in [-0.3, -0.25) is 4.79 Å². The van der Waals surface area contributed by atoms with Crippen LogP contribution >= 0.6 is 27.5 Å². The highest BCUT2D eigenvalue weighted by Crippen LogP contribution is 2.23. The van der Waals surface area contributed by atoms with E-state index in [2.05, 4.69) is 21.2 Å². The smallest absolute Gasteiger partial charge is 0.337 e. The van der Waals surface area contributed by atoms with E-state index in [1.54, 1.807) is 18.2 Å². The average Bonchev–Trinajstić information content (AvgIpc) is 2.43. The van der Waals surface area contributed by atoms with Crippen molar-refractivity contribution in [3.05, 3.63) is 62.6 Å². The van der Waals surface area contributed by atoms with Gasteiger partial charge in [0.2, 0.25) is 0 Å². The minimum atomic E-state index is -1.14. The molecule has 21 heavy (non-hydrogen) atoms. The summed E-state index contributed by atoms with van der Waals surface area (Å²) < 4.78 is 0.831. The molecular formula is C15H11BrClNO3. The van der Waals surface area contributed by atoms with Crippen LogP contribution in [0.3, 0.4) is 0 Å². The molecule has 0 heterocycles. The van der Waals surface area contributed by atoms with Gasteiger partial charge in [-0.15, -0.1) is 0 Å². The number of amides is 1. The van der Waals surface area contributed by atoms with E-state index in [9.17, 15) is 9.59 Å². The topological polar surface area (TPSA) is 66.4 Å². The summed E-state index contributed by atoms with van der Waals surface area (Å²) in [6, 6.07) is 9.63. The zero-order chi connectivity index (χ0) is 15.6. The van der Waals surface area contributed by atoms with Crippen molar-refractivity contribution >= 4 is 45.1 Å². The minimum absolute atomic E-state index is 0.0552. The highest BCUT2D eigenvalue weighted by atomic mass is 79.9. The predicted molar refractivity (Wildman–Crippen MR) is 85.2 cm³/mol. The van der Waals surface area contributed by atoms with Crippen molar-refractivity contribution in [1.29, 1.82) is 0 Å². The van der Waals surface area contributed by atoms with E-state index in [1.165, 1.54) is 12.1 Å². The van der Waals surface area contributed by atoms with Gasteiger partial charge in [0, 0.05) is 15.7 Å². The van der Waals surface area contributed by atoms with Crippen molar-refractivity contribution in [3.8, 4) is 0 Å². The fraction of sp³-hybridized carbons (Fsp3) is 0.0667. The van der Waals surface area contributed by atoms with Crippen molar-refractivity contribution < 1.29 is 14.7 Å². The lowest BCUT2D eigenvalue weighted by atomic mass is 10.1. The number of carbonyl (C=O) groups excluding carboxylic acids is 1. The van der Waals surface area contributed by atoms with Gasteiger partial charge in [0.1, 0.15) is 0 Å². The molecule has 0 saturated carbocycles. The van der Waals surface area contributed by atoms with E-state index in [4.69, 9.17) is 16.7 Å². The molecule has 1 amide bonds. The normalized spacial score (nSPS) is 10.2. The first-order valence-corrected chi connectivity index (χ1v) is 7.16. The Hall–Kier alpha value is -1.85. The molecule has 0 atom stereocenters. The lowest BCUT2D eigenvalue weighted by molar-refractivity contribution is 0.0696. The molecule has 0 aliphatic carbocycles. The highest BCUT2D eigenvalue weighted by Gasteiger charge is 2.13. The molecule has 2 rings (SSSR count). The summed E-state index contributed by atoms with van der Waals surface area (Å²) in [5, 5.41) is 11.8. The number of halogens is 2. The molecule has 4 nitrogen and oxygen atoms in total. The van der Waals surface area contributed by atoms with Crippen LogP contribution in [0.25, 0.3) is 0 Å². The highest BCUT2D eigenvalue weighted by molar-refractivity contribution is 9.10. The van der Waals surface area contributed by atoms with Gasteiger partial charge < -0.3 is 10.4 Å². The number of carboxylic acid groups (broad SMARTS) is 1. The summed E-state index contributed by atoms with van der Waals surface area (Å²) in [7, 11) is 0. The molecule has 6 heteroatoms. The van der Waals surface area contributed by atoms with Gasteiger partial charge in [0.05, 0.1) is 10.6 Å². The minimum Gasteiger partial charge on any atom is -0.478 e. The maximum atomic E-state index is 12.2. The summed E-state index contributed by atoms with van der Waals surface area (Å²) in [6.07, 6.45) is 0. The van der Waals surface area contributed by atoms with Crippen LogP contribution in [0.5, 0.6) is 0 Å². The van der Waals surface area contributed by atoms with Crippen LogP contribution in [0.4, 0.5) is 5.69 Å². The van der Waals surface area contributed by atoms with E-state index in [0.717, 1.165) is 10.0 Å². The molecule has 0 aliphatic rings. The summed E-state index contributed by atoms with van der Waals surface area (Å²) in [4.78, 5) is 23.3. The number of rotatable bonds is 3. The number of benzene rings is 2. The zero-order valence-electron chi connectivity index (χ0n) is 11.0. The van der Waals surface area contributed by atoms with Crippen LogP contribution in [0.2, 0.25) is 5.02 Å². The molecule has 0 aliphatic heterocycles. The Balaban J connectivity index is 2.30. The fourth-order valence-electron chi connectivity index (χ4n) is 1.82. The van der Waals surface area contributed by atoms with E-state index < -0.39 is 5.97 Å². The third-order valence-electron chi connectivity index (χ3n) is 2.97. The third-order valence-corrected chi connectivity index (χ3v) is 4.16. The van der Waals surface area contributed by atoms with E-state index in [1.807, 2.05) is 13.0 Å². The van der Waals surface area contributed by atoms with Crippen LogP contribution in [0, 0.1) is 6.92 Å². The van der Waals surface area contributed by atoms with Crippen molar-refractivity contribution in [2.45, 2.75) is 6.92 Å². The molecule has 2 N–H and O–H groups in total. The number of aromatic carboxylic acids is 1. The molecule has 108 valence electrons. The standard InChI is InChI=1S/C15H11BrClNO3/c1-8-10(3-2-4-12(8)16)14(19)18-9-5-6-13(17)11(7-9)15(20)21/h2-7H,1H3,(H,18,19)(H,20,21). The quantitative estimate of drug-likeness (QED) is 0.846. The SMILES string of the molecule is Cc1c(Br)cccc1C(=O)Nc1ccc(Cl)c(C(=O)O)c1. The fourth-order valence-corrected chi connectivity index (χ4v) is 2.38. The van der Waals surface area contributed by atoms with Crippen LogP contribution in [-0.2, 0) is 0 Å². The molecule has 2 aromatic carbocycles. The largest absolute Gasteiger partial charge is 0.478 e. The van der Waals surface area contributed by atoms with Crippen molar-refractivity contribution in [2.24, 2.45) is 0 Å². The summed E-state index contributed by atoms with van der Waals surface area (Å²) in [5.41, 5.74) is 1.64. The summed E-state index contributed by atoms with van der Waals surface area (Å²) in [6.45, 7) is 1.82. The lowest BCUT2D eigenvalue weighted by Gasteiger charge is -2.10. The first-order valence-electron chi connectivity index (χ1n) is 5.99. The van der Waals surface area contributed by atoms with Gasteiger partial charge in [-0.05, 0) is 42.8 Å². The van der Waals surface area contributed by atoms with E-state index in [-0.39, 0.29) is 16.5 Å². The van der Waals surface area contributed by atoms with Gasteiger partial charge in [0.15, 0.2) is 0 Å². The Labute approximate surface area is 134 Å². The predicted octanol–water partition coefficient (Wildman–Crippen LogP) is 4.36. The Morgan fingerprint density at radius 3 is 2.57 bits per heavy atom. The monoisotopic (exact) mass is 367 g/mol. The van der Waals surface area contributed by atoms with Crippen molar-refractivity contribution in [2.75, 3.05) is 5.32 Å². The van der Waals surface area contributed by atoms with Gasteiger partial charge in [-0.1, -0.05) is 33.6 Å². The Bertz CT molecular complexity index is 731. The van der Waals surface area contributed by atoms with Gasteiger partial charge in [-0.25, -0.2) is 4.79 Å². The second-order valence-corrected chi connectivity index (χ2v) is 5.63. The summed E-state index contributed by atoms with van der Waals surface area (Å²) >= 11 is 9.16. The lowest BCUT2D eigenvalue weighted by Crippen LogP contribution is -2.14.